The van der Waals surface area contributed by atoms with E-state index in [4.69, 9.17) is 14.2 Å². The molecular weight excluding hydrogens is 308 g/mol. The summed E-state index contributed by atoms with van der Waals surface area (Å²) in [5, 5.41) is 0. The number of hydrogen-bond donors (Lipinski definition) is 0. The number of rotatable bonds is 5. The highest BCUT2D eigenvalue weighted by molar-refractivity contribution is 5.99. The Morgan fingerprint density at radius 2 is 1.62 bits per heavy atom. The van der Waals surface area contributed by atoms with E-state index in [0.29, 0.717) is 35.8 Å². The summed E-state index contributed by atoms with van der Waals surface area (Å²) in [6, 6.07) is 12.1. The lowest BCUT2D eigenvalue weighted by atomic mass is 10.1. The van der Waals surface area contributed by atoms with Gasteiger partial charge in [-0.2, -0.15) is 0 Å². The summed E-state index contributed by atoms with van der Waals surface area (Å²) in [7, 11) is 0. The molecule has 0 radical (unpaired) electrons. The molecule has 0 saturated carbocycles. The molecule has 0 fully saturated rings. The summed E-state index contributed by atoms with van der Waals surface area (Å²) in [5.74, 6) is 0.316. The van der Waals surface area contributed by atoms with E-state index in [0.717, 1.165) is 12.0 Å². The number of Topliss-reactive ketones (excluding diaryl/α,β-unsaturated/α-hetero) is 1. The number of esters is 1. The maximum atomic E-state index is 12.1. The molecule has 0 unspecified atom stereocenters. The smallest absolute Gasteiger partial charge is 0.338 e. The molecule has 0 bridgehead atoms. The fraction of sp³-hybridized carbons (Fsp3) is 0.263. The lowest BCUT2D eigenvalue weighted by molar-refractivity contribution is 0.0474. The van der Waals surface area contributed by atoms with Gasteiger partial charge in [0.2, 0.25) is 0 Å². The fourth-order valence-corrected chi connectivity index (χ4v) is 2.39. The number of fused-ring (bicyclic) bond motifs is 1. The van der Waals surface area contributed by atoms with Crippen molar-refractivity contribution < 1.29 is 23.8 Å². The van der Waals surface area contributed by atoms with Crippen LogP contribution in [0.5, 0.6) is 11.5 Å². The average Bonchev–Trinajstić information content (AvgIpc) is 2.65. The van der Waals surface area contributed by atoms with Gasteiger partial charge >= 0.3 is 5.97 Å². The first-order chi connectivity index (χ1) is 11.7. The lowest BCUT2D eigenvalue weighted by Crippen LogP contribution is -2.17. The Kier molecular flexibility index (Phi) is 4.79. The SMILES string of the molecule is CCc1ccc(C(=O)COC(=O)c2ccc3c(c2)OCCO3)cc1. The van der Waals surface area contributed by atoms with Crippen LogP contribution in [0.1, 0.15) is 33.2 Å². The number of carbonyl (C=O) groups excluding carboxylic acids is 2. The molecule has 0 saturated heterocycles. The Balaban J connectivity index is 1.61. The third-order valence-corrected chi connectivity index (χ3v) is 3.80. The Morgan fingerprint density at radius 1 is 0.958 bits per heavy atom. The third kappa shape index (κ3) is 3.56. The maximum absolute atomic E-state index is 12.1. The maximum Gasteiger partial charge on any atom is 0.338 e. The first-order valence-corrected chi connectivity index (χ1v) is 7.86. The molecule has 1 heterocycles. The molecule has 2 aromatic carbocycles. The van der Waals surface area contributed by atoms with Gasteiger partial charge in [-0.1, -0.05) is 31.2 Å². The molecule has 0 aliphatic carbocycles. The second kappa shape index (κ2) is 7.17. The van der Waals surface area contributed by atoms with Crippen LogP contribution in [0.4, 0.5) is 0 Å². The van der Waals surface area contributed by atoms with E-state index in [2.05, 4.69) is 0 Å². The van der Waals surface area contributed by atoms with Crippen molar-refractivity contribution in [3.05, 3.63) is 59.2 Å². The zero-order chi connectivity index (χ0) is 16.9. The highest BCUT2D eigenvalue weighted by atomic mass is 16.6. The number of benzene rings is 2. The molecule has 2 aromatic rings. The number of hydrogen-bond acceptors (Lipinski definition) is 5. The number of ketones is 1. The van der Waals surface area contributed by atoms with Crippen LogP contribution in [0.3, 0.4) is 0 Å². The van der Waals surface area contributed by atoms with Gasteiger partial charge in [0.25, 0.3) is 0 Å². The molecule has 0 aromatic heterocycles. The fourth-order valence-electron chi connectivity index (χ4n) is 2.39. The van der Waals surface area contributed by atoms with Crippen molar-refractivity contribution >= 4 is 11.8 Å². The Hall–Kier alpha value is -2.82. The highest BCUT2D eigenvalue weighted by Crippen LogP contribution is 2.30. The van der Waals surface area contributed by atoms with Crippen molar-refractivity contribution in [1.29, 1.82) is 0 Å². The summed E-state index contributed by atoms with van der Waals surface area (Å²) in [4.78, 5) is 24.2. The second-order valence-electron chi connectivity index (χ2n) is 5.41. The van der Waals surface area contributed by atoms with E-state index in [1.165, 1.54) is 0 Å². The molecular formula is C19H18O5. The Morgan fingerprint density at radius 3 is 2.33 bits per heavy atom. The summed E-state index contributed by atoms with van der Waals surface area (Å²) < 4.78 is 15.9. The summed E-state index contributed by atoms with van der Waals surface area (Å²) >= 11 is 0. The van der Waals surface area contributed by atoms with Gasteiger partial charge < -0.3 is 14.2 Å². The first kappa shape index (κ1) is 16.1. The van der Waals surface area contributed by atoms with Crippen LogP contribution in [-0.2, 0) is 11.2 Å². The summed E-state index contributed by atoms with van der Waals surface area (Å²) in [6.45, 7) is 2.69. The number of ether oxygens (including phenoxy) is 3. The van der Waals surface area contributed by atoms with Crippen LogP contribution < -0.4 is 9.47 Å². The molecule has 5 heteroatoms. The van der Waals surface area contributed by atoms with Crippen LogP contribution in [0.15, 0.2) is 42.5 Å². The van der Waals surface area contributed by atoms with Crippen LogP contribution in [-0.4, -0.2) is 31.6 Å². The topological polar surface area (TPSA) is 61.8 Å². The molecule has 24 heavy (non-hydrogen) atoms. The predicted molar refractivity (Wildman–Crippen MR) is 87.9 cm³/mol. The molecule has 0 atom stereocenters. The normalized spacial score (nSPS) is 12.5. The lowest BCUT2D eigenvalue weighted by Gasteiger charge is -2.18. The van der Waals surface area contributed by atoms with Gasteiger partial charge in [-0.3, -0.25) is 4.79 Å². The average molecular weight is 326 g/mol. The molecule has 124 valence electrons. The van der Waals surface area contributed by atoms with Crippen LogP contribution in [0.25, 0.3) is 0 Å². The van der Waals surface area contributed by atoms with Crippen molar-refractivity contribution in [2.45, 2.75) is 13.3 Å². The quantitative estimate of drug-likeness (QED) is 0.624. The number of aryl methyl sites for hydroxylation is 1. The summed E-state index contributed by atoms with van der Waals surface area (Å²) in [6.07, 6.45) is 0.910. The van der Waals surface area contributed by atoms with Gasteiger partial charge in [0.1, 0.15) is 13.2 Å². The monoisotopic (exact) mass is 326 g/mol. The van der Waals surface area contributed by atoms with E-state index in [-0.39, 0.29) is 12.4 Å². The minimum atomic E-state index is -0.564. The second-order valence-corrected chi connectivity index (χ2v) is 5.41. The molecule has 1 aliphatic rings. The minimum Gasteiger partial charge on any atom is -0.486 e. The van der Waals surface area contributed by atoms with E-state index >= 15 is 0 Å². The predicted octanol–water partition coefficient (Wildman–Crippen LogP) is 3.06. The van der Waals surface area contributed by atoms with Gasteiger partial charge in [-0.15, -0.1) is 0 Å². The molecule has 5 nitrogen and oxygen atoms in total. The van der Waals surface area contributed by atoms with Crippen molar-refractivity contribution in [2.75, 3.05) is 19.8 Å². The van der Waals surface area contributed by atoms with Gasteiger partial charge in [0.15, 0.2) is 23.9 Å². The summed E-state index contributed by atoms with van der Waals surface area (Å²) in [5.41, 5.74) is 2.01. The van der Waals surface area contributed by atoms with E-state index in [9.17, 15) is 9.59 Å². The first-order valence-electron chi connectivity index (χ1n) is 7.86. The van der Waals surface area contributed by atoms with Crippen molar-refractivity contribution in [3.63, 3.8) is 0 Å². The molecule has 0 spiro atoms. The highest BCUT2D eigenvalue weighted by Gasteiger charge is 2.17. The Labute approximate surface area is 140 Å². The largest absolute Gasteiger partial charge is 0.486 e. The van der Waals surface area contributed by atoms with Crippen molar-refractivity contribution in [3.8, 4) is 11.5 Å². The molecule has 0 N–H and O–H groups in total. The van der Waals surface area contributed by atoms with Crippen LogP contribution in [0, 0.1) is 0 Å². The molecule has 1 aliphatic heterocycles. The van der Waals surface area contributed by atoms with Crippen molar-refractivity contribution in [2.24, 2.45) is 0 Å². The Bertz CT molecular complexity index is 749. The molecule has 0 amide bonds. The van der Waals surface area contributed by atoms with Gasteiger partial charge in [-0.25, -0.2) is 4.79 Å². The van der Waals surface area contributed by atoms with Gasteiger partial charge in [-0.05, 0) is 30.2 Å². The zero-order valence-electron chi connectivity index (χ0n) is 13.4. The van der Waals surface area contributed by atoms with E-state index in [1.54, 1.807) is 30.3 Å². The molecule has 3 rings (SSSR count). The van der Waals surface area contributed by atoms with E-state index in [1.807, 2.05) is 19.1 Å². The van der Waals surface area contributed by atoms with Gasteiger partial charge in [0.05, 0.1) is 5.56 Å². The van der Waals surface area contributed by atoms with Crippen molar-refractivity contribution in [1.82, 2.24) is 0 Å². The van der Waals surface area contributed by atoms with Crippen LogP contribution >= 0.6 is 0 Å². The van der Waals surface area contributed by atoms with Crippen LogP contribution in [0.2, 0.25) is 0 Å². The number of carbonyl (C=O) groups is 2. The zero-order valence-corrected chi connectivity index (χ0v) is 13.4. The minimum absolute atomic E-state index is 0.233. The van der Waals surface area contributed by atoms with E-state index < -0.39 is 5.97 Å². The third-order valence-electron chi connectivity index (χ3n) is 3.80. The van der Waals surface area contributed by atoms with Gasteiger partial charge in [0, 0.05) is 5.56 Å². The standard InChI is InChI=1S/C19H18O5/c1-2-13-3-5-14(6-4-13)16(20)12-24-19(21)15-7-8-17-18(11-15)23-10-9-22-17/h3-8,11H,2,9-10,12H2,1H3.